The van der Waals surface area contributed by atoms with Crippen LogP contribution in [0, 0.1) is 0 Å². The van der Waals surface area contributed by atoms with Gasteiger partial charge in [0.2, 0.25) is 0 Å². The minimum atomic E-state index is -0.382. The van der Waals surface area contributed by atoms with Gasteiger partial charge < -0.3 is 15.0 Å². The topological polar surface area (TPSA) is 41.6 Å². The fourth-order valence-corrected chi connectivity index (χ4v) is 1.64. The summed E-state index contributed by atoms with van der Waals surface area (Å²) >= 11 is 0. The van der Waals surface area contributed by atoms with Crippen LogP contribution in [0.25, 0.3) is 0 Å². The lowest BCUT2D eigenvalue weighted by atomic mass is 10.0. The molecule has 0 heterocycles. The number of hydrogen-bond acceptors (Lipinski definition) is 3. The normalized spacial score (nSPS) is 12.3. The highest BCUT2D eigenvalue weighted by Crippen LogP contribution is 2.18. The van der Waals surface area contributed by atoms with E-state index < -0.39 is 0 Å². The molecule has 0 spiro atoms. The van der Waals surface area contributed by atoms with Crippen LogP contribution in [0.2, 0.25) is 0 Å². The average Bonchev–Trinajstić information content (AvgIpc) is 2.37. The van der Waals surface area contributed by atoms with Crippen LogP contribution in [0.3, 0.4) is 0 Å². The molecular weight excluding hydrogens is 228 g/mol. The largest absolute Gasteiger partial charge is 0.449 e. The Kier molecular flexibility index (Phi) is 5.65. The zero-order chi connectivity index (χ0) is 13.5. The van der Waals surface area contributed by atoms with Gasteiger partial charge in [-0.2, -0.15) is 0 Å². The molecule has 0 saturated heterocycles. The Balaban J connectivity index is 2.57. The van der Waals surface area contributed by atoms with E-state index in [0.29, 0.717) is 12.6 Å². The lowest BCUT2D eigenvalue weighted by Crippen LogP contribution is -2.20. The molecule has 1 rings (SSSR count). The molecule has 1 aromatic rings. The van der Waals surface area contributed by atoms with E-state index in [1.807, 2.05) is 6.07 Å². The van der Waals surface area contributed by atoms with Crippen LogP contribution < -0.4 is 5.32 Å². The molecule has 0 saturated carbocycles. The predicted octanol–water partition coefficient (Wildman–Crippen LogP) is 2.21. The highest BCUT2D eigenvalue weighted by Gasteiger charge is 2.08. The Morgan fingerprint density at radius 3 is 2.78 bits per heavy atom. The minimum absolute atomic E-state index is 0.379. The Bertz CT molecular complexity index is 391. The molecule has 0 unspecified atom stereocenters. The van der Waals surface area contributed by atoms with Crippen LogP contribution in [0.1, 0.15) is 24.1 Å². The van der Waals surface area contributed by atoms with Crippen molar-refractivity contribution in [3.63, 3.8) is 0 Å². The van der Waals surface area contributed by atoms with Gasteiger partial charge in [-0.05, 0) is 32.1 Å². The average molecular weight is 250 g/mol. The zero-order valence-electron chi connectivity index (χ0n) is 11.6. The zero-order valence-corrected chi connectivity index (χ0v) is 11.6. The molecule has 4 heteroatoms. The maximum Gasteiger partial charge on any atom is 0.406 e. The number of rotatable bonds is 5. The number of benzene rings is 1. The van der Waals surface area contributed by atoms with Gasteiger partial charge in [0.05, 0.1) is 6.61 Å². The van der Waals surface area contributed by atoms with Crippen LogP contribution in [0.15, 0.2) is 24.3 Å². The van der Waals surface area contributed by atoms with Crippen molar-refractivity contribution < 1.29 is 9.53 Å². The summed E-state index contributed by atoms with van der Waals surface area (Å²) < 4.78 is 4.98. The van der Waals surface area contributed by atoms with Gasteiger partial charge >= 0.3 is 6.09 Å². The molecule has 1 amide bonds. The van der Waals surface area contributed by atoms with Crippen molar-refractivity contribution in [2.24, 2.45) is 0 Å². The number of hydrogen-bond donors (Lipinski definition) is 1. The lowest BCUT2D eigenvalue weighted by Gasteiger charge is -2.20. The quantitative estimate of drug-likeness (QED) is 0.871. The highest BCUT2D eigenvalue weighted by molar-refractivity contribution is 5.66. The number of carbonyl (C=O) groups is 1. The molecule has 0 aromatic heterocycles. The molecule has 1 atom stereocenters. The Morgan fingerprint density at radius 2 is 2.17 bits per heavy atom. The van der Waals surface area contributed by atoms with E-state index in [-0.39, 0.29) is 6.09 Å². The van der Waals surface area contributed by atoms with Gasteiger partial charge in [0.1, 0.15) is 0 Å². The monoisotopic (exact) mass is 250 g/mol. The van der Waals surface area contributed by atoms with Crippen molar-refractivity contribution in [3.8, 4) is 0 Å². The van der Waals surface area contributed by atoms with Crippen molar-refractivity contribution in [1.29, 1.82) is 0 Å². The standard InChI is InChI=1S/C14H22N2O2/c1-11(16(3)4)13-7-5-6-12(10-13)8-9-18-14(17)15-2/h5-7,10-11H,8-9H2,1-4H3,(H,15,17)/t11-/m0/s1. The summed E-state index contributed by atoms with van der Waals surface area (Å²) in [6.45, 7) is 2.57. The second-order valence-electron chi connectivity index (χ2n) is 4.52. The first-order valence-corrected chi connectivity index (χ1v) is 6.14. The number of ether oxygens (including phenoxy) is 1. The van der Waals surface area contributed by atoms with Crippen molar-refractivity contribution in [3.05, 3.63) is 35.4 Å². The SMILES string of the molecule is CNC(=O)OCCc1cccc([C@H](C)N(C)C)c1. The van der Waals surface area contributed by atoms with E-state index in [1.165, 1.54) is 11.1 Å². The molecule has 1 aromatic carbocycles. The molecule has 0 aliphatic carbocycles. The van der Waals surface area contributed by atoms with E-state index in [9.17, 15) is 4.79 Å². The van der Waals surface area contributed by atoms with Crippen LogP contribution in [0.4, 0.5) is 4.79 Å². The molecule has 100 valence electrons. The summed E-state index contributed by atoms with van der Waals surface area (Å²) in [5.41, 5.74) is 2.46. The van der Waals surface area contributed by atoms with Crippen LogP contribution in [-0.2, 0) is 11.2 Å². The summed E-state index contributed by atoms with van der Waals surface area (Å²) in [5, 5.41) is 2.43. The third-order valence-corrected chi connectivity index (χ3v) is 3.04. The molecule has 0 fully saturated rings. The van der Waals surface area contributed by atoms with Gasteiger partial charge in [-0.1, -0.05) is 24.3 Å². The van der Waals surface area contributed by atoms with Crippen LogP contribution in [0.5, 0.6) is 0 Å². The summed E-state index contributed by atoms with van der Waals surface area (Å²) in [7, 11) is 5.68. The van der Waals surface area contributed by atoms with Crippen LogP contribution >= 0.6 is 0 Å². The highest BCUT2D eigenvalue weighted by atomic mass is 16.5. The van der Waals surface area contributed by atoms with Gasteiger partial charge in [0.25, 0.3) is 0 Å². The Labute approximate surface area is 109 Å². The molecule has 1 N–H and O–H groups in total. The van der Waals surface area contributed by atoms with Gasteiger partial charge in [-0.15, -0.1) is 0 Å². The first-order valence-electron chi connectivity index (χ1n) is 6.14. The summed E-state index contributed by atoms with van der Waals surface area (Å²) in [5.74, 6) is 0. The van der Waals surface area contributed by atoms with Gasteiger partial charge in [-0.3, -0.25) is 0 Å². The first-order chi connectivity index (χ1) is 8.54. The maximum atomic E-state index is 10.9. The third kappa shape index (κ3) is 4.37. The second-order valence-corrected chi connectivity index (χ2v) is 4.52. The predicted molar refractivity (Wildman–Crippen MR) is 72.7 cm³/mol. The van der Waals surface area contributed by atoms with Crippen molar-refractivity contribution >= 4 is 6.09 Å². The van der Waals surface area contributed by atoms with Gasteiger partial charge in [-0.25, -0.2) is 4.79 Å². The summed E-state index contributed by atoms with van der Waals surface area (Å²) in [4.78, 5) is 13.1. The molecular formula is C14H22N2O2. The third-order valence-electron chi connectivity index (χ3n) is 3.04. The second kappa shape index (κ2) is 7.01. The van der Waals surface area contributed by atoms with Crippen molar-refractivity contribution in [2.45, 2.75) is 19.4 Å². The summed E-state index contributed by atoms with van der Waals surface area (Å²) in [6, 6.07) is 8.76. The van der Waals surface area contributed by atoms with E-state index in [4.69, 9.17) is 4.74 Å². The van der Waals surface area contributed by atoms with Crippen molar-refractivity contribution in [1.82, 2.24) is 10.2 Å². The molecule has 4 nitrogen and oxygen atoms in total. The lowest BCUT2D eigenvalue weighted by molar-refractivity contribution is 0.150. The molecule has 0 aliphatic heterocycles. The fraction of sp³-hybridized carbons (Fsp3) is 0.500. The molecule has 18 heavy (non-hydrogen) atoms. The molecule has 0 bridgehead atoms. The number of amides is 1. The van der Waals surface area contributed by atoms with Crippen LogP contribution in [-0.4, -0.2) is 38.7 Å². The van der Waals surface area contributed by atoms with Crippen molar-refractivity contribution in [2.75, 3.05) is 27.7 Å². The number of nitrogens with zero attached hydrogens (tertiary/aromatic N) is 1. The van der Waals surface area contributed by atoms with E-state index in [0.717, 1.165) is 6.42 Å². The van der Waals surface area contributed by atoms with Gasteiger partial charge in [0, 0.05) is 19.5 Å². The molecule has 0 radical (unpaired) electrons. The van der Waals surface area contributed by atoms with Gasteiger partial charge in [0.15, 0.2) is 0 Å². The fourth-order valence-electron chi connectivity index (χ4n) is 1.64. The maximum absolute atomic E-state index is 10.9. The molecule has 0 aliphatic rings. The summed E-state index contributed by atoms with van der Waals surface area (Å²) in [6.07, 6.45) is 0.356. The number of alkyl carbamates (subject to hydrolysis) is 1. The first kappa shape index (κ1) is 14.5. The number of nitrogens with one attached hydrogen (secondary N) is 1. The smallest absolute Gasteiger partial charge is 0.406 e. The Hall–Kier alpha value is -1.55. The Morgan fingerprint density at radius 1 is 1.44 bits per heavy atom. The van der Waals surface area contributed by atoms with E-state index >= 15 is 0 Å². The minimum Gasteiger partial charge on any atom is -0.449 e. The van der Waals surface area contributed by atoms with E-state index in [2.05, 4.69) is 49.4 Å². The number of carbonyl (C=O) groups excluding carboxylic acids is 1. The van der Waals surface area contributed by atoms with E-state index in [1.54, 1.807) is 7.05 Å².